The lowest BCUT2D eigenvalue weighted by atomic mass is 10.2. The third-order valence-corrected chi connectivity index (χ3v) is 3.87. The van der Waals surface area contributed by atoms with Crippen molar-refractivity contribution < 1.29 is 9.53 Å². The summed E-state index contributed by atoms with van der Waals surface area (Å²) >= 11 is 12.4. The van der Waals surface area contributed by atoms with E-state index in [9.17, 15) is 4.79 Å². The van der Waals surface area contributed by atoms with Gasteiger partial charge in [-0.25, -0.2) is 0 Å². The second-order valence-electron chi connectivity index (χ2n) is 4.14. The lowest BCUT2D eigenvalue weighted by Crippen LogP contribution is -2.21. The van der Waals surface area contributed by atoms with Gasteiger partial charge in [0, 0.05) is 14.0 Å². The number of hydrogen-bond acceptors (Lipinski definition) is 3. The highest BCUT2D eigenvalue weighted by atomic mass is 79.9. The second kappa shape index (κ2) is 7.15. The van der Waals surface area contributed by atoms with Gasteiger partial charge < -0.3 is 15.8 Å². The molecule has 0 bridgehead atoms. The van der Waals surface area contributed by atoms with E-state index in [1.807, 2.05) is 0 Å². The Bertz CT molecular complexity index is 640. The molecular weight excluding hydrogens is 423 g/mol. The number of rotatable bonds is 4. The van der Waals surface area contributed by atoms with Crippen LogP contribution >= 0.6 is 43.5 Å². The van der Waals surface area contributed by atoms with Gasteiger partial charge in [-0.15, -0.1) is 0 Å². The van der Waals surface area contributed by atoms with Gasteiger partial charge in [-0.05, 0) is 52.3 Å². The van der Waals surface area contributed by atoms with Crippen molar-refractivity contribution in [1.82, 2.24) is 0 Å². The van der Waals surface area contributed by atoms with Gasteiger partial charge in [0.25, 0.3) is 5.91 Å². The molecule has 7 heteroatoms. The molecule has 0 heterocycles. The summed E-state index contributed by atoms with van der Waals surface area (Å²) in [5.74, 6) is 0.261. The van der Waals surface area contributed by atoms with Gasteiger partial charge in [0.2, 0.25) is 0 Å². The molecule has 2 aromatic rings. The lowest BCUT2D eigenvalue weighted by Gasteiger charge is -2.11. The van der Waals surface area contributed by atoms with E-state index in [4.69, 9.17) is 22.1 Å². The normalized spacial score (nSPS) is 10.2. The van der Waals surface area contributed by atoms with E-state index in [2.05, 4.69) is 37.2 Å². The number of nitrogen functional groups attached to an aromatic ring is 1. The predicted octanol–water partition coefficient (Wildman–Crippen LogP) is 4.46. The van der Waals surface area contributed by atoms with Crippen LogP contribution in [0.3, 0.4) is 0 Å². The molecule has 0 spiro atoms. The maximum absolute atomic E-state index is 11.9. The molecule has 0 unspecified atom stereocenters. The van der Waals surface area contributed by atoms with Gasteiger partial charge in [0.1, 0.15) is 5.75 Å². The Morgan fingerprint density at radius 1 is 1.24 bits per heavy atom. The van der Waals surface area contributed by atoms with Gasteiger partial charge >= 0.3 is 0 Å². The fourth-order valence-corrected chi connectivity index (χ4v) is 3.06. The summed E-state index contributed by atoms with van der Waals surface area (Å²) in [5.41, 5.74) is 6.84. The Morgan fingerprint density at radius 3 is 2.52 bits per heavy atom. The zero-order valence-electron chi connectivity index (χ0n) is 10.7. The molecule has 3 N–H and O–H groups in total. The molecule has 110 valence electrons. The topological polar surface area (TPSA) is 64.3 Å². The lowest BCUT2D eigenvalue weighted by molar-refractivity contribution is -0.118. The molecule has 2 aromatic carbocycles. The van der Waals surface area contributed by atoms with Crippen LogP contribution in [0.1, 0.15) is 0 Å². The number of nitrogens with one attached hydrogen (secondary N) is 1. The van der Waals surface area contributed by atoms with Crippen LogP contribution in [0.2, 0.25) is 5.02 Å². The van der Waals surface area contributed by atoms with E-state index < -0.39 is 0 Å². The maximum atomic E-state index is 11.9. The minimum absolute atomic E-state index is 0.121. The summed E-state index contributed by atoms with van der Waals surface area (Å²) in [6.07, 6.45) is 0. The van der Waals surface area contributed by atoms with Gasteiger partial charge in [0.15, 0.2) is 6.61 Å². The summed E-state index contributed by atoms with van der Waals surface area (Å²) in [4.78, 5) is 11.9. The first-order valence-corrected chi connectivity index (χ1v) is 7.85. The highest BCUT2D eigenvalue weighted by Crippen LogP contribution is 2.32. The van der Waals surface area contributed by atoms with Crippen molar-refractivity contribution in [2.45, 2.75) is 0 Å². The number of amides is 1. The second-order valence-corrected chi connectivity index (χ2v) is 6.35. The molecule has 21 heavy (non-hydrogen) atoms. The van der Waals surface area contributed by atoms with Crippen molar-refractivity contribution in [3.63, 3.8) is 0 Å². The SMILES string of the molecule is Nc1cc(Br)cc(Br)c1NC(=O)COc1ccc(Cl)cc1. The molecule has 0 radical (unpaired) electrons. The Morgan fingerprint density at radius 2 is 1.90 bits per heavy atom. The molecule has 0 saturated heterocycles. The van der Waals surface area contributed by atoms with Crippen LogP contribution in [0, 0.1) is 0 Å². The van der Waals surface area contributed by atoms with Crippen LogP contribution in [0.15, 0.2) is 45.3 Å². The molecule has 4 nitrogen and oxygen atoms in total. The van der Waals surface area contributed by atoms with Crippen molar-refractivity contribution >= 4 is 60.7 Å². The van der Waals surface area contributed by atoms with Crippen LogP contribution in [0.5, 0.6) is 5.75 Å². The Hall–Kier alpha value is -1.24. The molecule has 0 aliphatic rings. The third-order valence-electron chi connectivity index (χ3n) is 2.53. The molecule has 0 fully saturated rings. The summed E-state index contributed by atoms with van der Waals surface area (Å²) in [6, 6.07) is 10.3. The van der Waals surface area contributed by atoms with Crippen molar-refractivity contribution in [1.29, 1.82) is 0 Å². The fourth-order valence-electron chi connectivity index (χ4n) is 1.58. The first-order chi connectivity index (χ1) is 9.95. The van der Waals surface area contributed by atoms with Crippen LogP contribution < -0.4 is 15.8 Å². The summed E-state index contributed by atoms with van der Waals surface area (Å²) < 4.78 is 6.87. The highest BCUT2D eigenvalue weighted by molar-refractivity contribution is 9.11. The zero-order chi connectivity index (χ0) is 15.4. The number of anilines is 2. The Labute approximate surface area is 143 Å². The number of ether oxygens (including phenoxy) is 1. The molecule has 1 amide bonds. The summed E-state index contributed by atoms with van der Waals surface area (Å²) in [5, 5.41) is 3.31. The average Bonchev–Trinajstić information content (AvgIpc) is 2.42. The van der Waals surface area contributed by atoms with Crippen molar-refractivity contribution in [2.24, 2.45) is 0 Å². The largest absolute Gasteiger partial charge is 0.484 e. The number of carbonyl (C=O) groups excluding carboxylic acids is 1. The van der Waals surface area contributed by atoms with Crippen molar-refractivity contribution in [3.8, 4) is 5.75 Å². The van der Waals surface area contributed by atoms with Gasteiger partial charge in [0.05, 0.1) is 11.4 Å². The number of carbonyl (C=O) groups is 1. The number of nitrogens with two attached hydrogens (primary N) is 1. The molecule has 0 aliphatic carbocycles. The monoisotopic (exact) mass is 432 g/mol. The predicted molar refractivity (Wildman–Crippen MR) is 91.8 cm³/mol. The van der Waals surface area contributed by atoms with E-state index in [1.54, 1.807) is 36.4 Å². The minimum atomic E-state index is -0.306. The van der Waals surface area contributed by atoms with Crippen molar-refractivity contribution in [3.05, 3.63) is 50.4 Å². The number of halogens is 3. The average molecular weight is 435 g/mol. The first-order valence-electron chi connectivity index (χ1n) is 5.88. The van der Waals surface area contributed by atoms with E-state index in [0.29, 0.717) is 26.6 Å². The first kappa shape index (κ1) is 16.1. The van der Waals surface area contributed by atoms with E-state index in [-0.39, 0.29) is 12.5 Å². The minimum Gasteiger partial charge on any atom is -0.484 e. The fraction of sp³-hybridized carbons (Fsp3) is 0.0714. The maximum Gasteiger partial charge on any atom is 0.262 e. The molecular formula is C14H11Br2ClN2O2. The highest BCUT2D eigenvalue weighted by Gasteiger charge is 2.10. The Kier molecular flexibility index (Phi) is 5.50. The Balaban J connectivity index is 1.97. The molecule has 0 atom stereocenters. The van der Waals surface area contributed by atoms with E-state index in [0.717, 1.165) is 4.47 Å². The zero-order valence-corrected chi connectivity index (χ0v) is 14.6. The standard InChI is InChI=1S/C14H11Br2ClN2O2/c15-8-5-11(16)14(12(18)6-8)19-13(20)7-21-10-3-1-9(17)2-4-10/h1-6H,7,18H2,(H,19,20). The molecule has 0 saturated carbocycles. The van der Waals surface area contributed by atoms with Crippen LogP contribution in [-0.2, 0) is 4.79 Å². The van der Waals surface area contributed by atoms with Crippen LogP contribution in [0.4, 0.5) is 11.4 Å². The van der Waals surface area contributed by atoms with E-state index >= 15 is 0 Å². The smallest absolute Gasteiger partial charge is 0.262 e. The third kappa shape index (κ3) is 4.62. The summed E-state index contributed by atoms with van der Waals surface area (Å²) in [6.45, 7) is -0.121. The molecule has 2 rings (SSSR count). The van der Waals surface area contributed by atoms with Gasteiger partial charge in [-0.2, -0.15) is 0 Å². The molecule has 0 aliphatic heterocycles. The number of benzene rings is 2. The van der Waals surface area contributed by atoms with Crippen LogP contribution in [-0.4, -0.2) is 12.5 Å². The quantitative estimate of drug-likeness (QED) is 0.698. The van der Waals surface area contributed by atoms with Crippen LogP contribution in [0.25, 0.3) is 0 Å². The number of hydrogen-bond donors (Lipinski definition) is 2. The van der Waals surface area contributed by atoms with E-state index in [1.165, 1.54) is 0 Å². The molecule has 0 aromatic heterocycles. The van der Waals surface area contributed by atoms with Gasteiger partial charge in [-0.1, -0.05) is 27.5 Å². The van der Waals surface area contributed by atoms with Gasteiger partial charge in [-0.3, -0.25) is 4.79 Å². The van der Waals surface area contributed by atoms with Crippen molar-refractivity contribution in [2.75, 3.05) is 17.7 Å². The summed E-state index contributed by atoms with van der Waals surface area (Å²) in [7, 11) is 0.